The number of nitrogens with one attached hydrogen (secondary N) is 2. The van der Waals surface area contributed by atoms with Crippen LogP contribution >= 0.6 is 12.4 Å². The molecule has 0 bridgehead atoms. The number of amides is 2. The van der Waals surface area contributed by atoms with Crippen molar-refractivity contribution in [3.05, 3.63) is 35.4 Å². The molecule has 2 N–H and O–H groups in total. The molecule has 2 amide bonds. The topological polar surface area (TPSA) is 61.4 Å². The fourth-order valence-corrected chi connectivity index (χ4v) is 3.96. The standard InChI is InChI=1S/C20H27F2N3O2.ClH/c21-16-7-6-14(11-17(16)22)15-8-9-23-12-18(15)24-19(26)13-25-10-4-2-1-3-5-20(25)27;/h6-7,11,15,18,23H,1-5,8-10,12-13H2,(H,24,26);1H. The number of benzene rings is 1. The summed E-state index contributed by atoms with van der Waals surface area (Å²) in [4.78, 5) is 26.4. The van der Waals surface area contributed by atoms with E-state index in [9.17, 15) is 18.4 Å². The molecule has 2 aliphatic rings. The Bertz CT molecular complexity index is 689. The first-order valence-corrected chi connectivity index (χ1v) is 9.77. The van der Waals surface area contributed by atoms with E-state index in [0.717, 1.165) is 44.7 Å². The summed E-state index contributed by atoms with van der Waals surface area (Å²) in [6.45, 7) is 1.98. The van der Waals surface area contributed by atoms with Gasteiger partial charge >= 0.3 is 0 Å². The van der Waals surface area contributed by atoms with Crippen molar-refractivity contribution < 1.29 is 18.4 Å². The van der Waals surface area contributed by atoms with Gasteiger partial charge in [0, 0.05) is 31.5 Å². The van der Waals surface area contributed by atoms with Crippen LogP contribution in [0.25, 0.3) is 0 Å². The molecule has 156 valence electrons. The van der Waals surface area contributed by atoms with E-state index in [1.165, 1.54) is 6.07 Å². The zero-order chi connectivity index (χ0) is 19.2. The molecule has 2 aliphatic heterocycles. The lowest BCUT2D eigenvalue weighted by Crippen LogP contribution is -2.52. The van der Waals surface area contributed by atoms with Crippen LogP contribution in [0.15, 0.2) is 18.2 Å². The van der Waals surface area contributed by atoms with E-state index in [1.807, 2.05) is 0 Å². The largest absolute Gasteiger partial charge is 0.350 e. The van der Waals surface area contributed by atoms with E-state index in [0.29, 0.717) is 25.1 Å². The number of hydrogen-bond donors (Lipinski definition) is 2. The van der Waals surface area contributed by atoms with Crippen molar-refractivity contribution in [2.24, 2.45) is 0 Å². The van der Waals surface area contributed by atoms with Gasteiger partial charge in [-0.2, -0.15) is 0 Å². The van der Waals surface area contributed by atoms with E-state index < -0.39 is 11.6 Å². The van der Waals surface area contributed by atoms with Crippen LogP contribution < -0.4 is 10.6 Å². The van der Waals surface area contributed by atoms with Crippen LogP contribution in [0.4, 0.5) is 8.78 Å². The number of nitrogens with zero attached hydrogens (tertiary/aromatic N) is 1. The average molecular weight is 416 g/mol. The Hall–Kier alpha value is -1.73. The third-order valence-corrected chi connectivity index (χ3v) is 5.46. The van der Waals surface area contributed by atoms with E-state index in [-0.39, 0.29) is 42.7 Å². The molecule has 2 saturated heterocycles. The van der Waals surface area contributed by atoms with Gasteiger partial charge < -0.3 is 15.5 Å². The summed E-state index contributed by atoms with van der Waals surface area (Å²) in [6.07, 6.45) is 5.16. The maximum atomic E-state index is 13.6. The zero-order valence-electron chi connectivity index (χ0n) is 15.9. The minimum Gasteiger partial charge on any atom is -0.350 e. The van der Waals surface area contributed by atoms with Crippen LogP contribution in [0.1, 0.15) is 50.0 Å². The van der Waals surface area contributed by atoms with Crippen LogP contribution in [-0.4, -0.2) is 48.9 Å². The Labute approximate surface area is 170 Å². The molecule has 0 aromatic heterocycles. The number of halogens is 3. The molecule has 2 atom stereocenters. The van der Waals surface area contributed by atoms with Gasteiger partial charge in [0.25, 0.3) is 0 Å². The first-order chi connectivity index (χ1) is 13.0. The molecule has 5 nitrogen and oxygen atoms in total. The van der Waals surface area contributed by atoms with E-state index >= 15 is 0 Å². The van der Waals surface area contributed by atoms with Crippen LogP contribution in [-0.2, 0) is 9.59 Å². The highest BCUT2D eigenvalue weighted by molar-refractivity contribution is 5.85. The molecule has 2 fully saturated rings. The fraction of sp³-hybridized carbons (Fsp3) is 0.600. The number of rotatable bonds is 4. The molecule has 0 aliphatic carbocycles. The fourth-order valence-electron chi connectivity index (χ4n) is 3.96. The van der Waals surface area contributed by atoms with Gasteiger partial charge in [-0.1, -0.05) is 18.9 Å². The molecular formula is C20H28ClF2N3O2. The highest BCUT2D eigenvalue weighted by Gasteiger charge is 2.29. The highest BCUT2D eigenvalue weighted by Crippen LogP contribution is 2.27. The first kappa shape index (κ1) is 22.6. The maximum absolute atomic E-state index is 13.6. The molecule has 2 unspecified atom stereocenters. The summed E-state index contributed by atoms with van der Waals surface area (Å²) in [5.41, 5.74) is 0.683. The van der Waals surface area contributed by atoms with Crippen molar-refractivity contribution in [1.29, 1.82) is 0 Å². The summed E-state index contributed by atoms with van der Waals surface area (Å²) in [6, 6.07) is 3.70. The zero-order valence-corrected chi connectivity index (χ0v) is 16.7. The number of hydrogen-bond acceptors (Lipinski definition) is 3. The Balaban J connectivity index is 0.00000280. The summed E-state index contributed by atoms with van der Waals surface area (Å²) in [5.74, 6) is -2.01. The SMILES string of the molecule is Cl.O=C(CN1CCCCCCC1=O)NC1CNCCC1c1ccc(F)c(F)c1. The Kier molecular flexibility index (Phi) is 8.63. The van der Waals surface area contributed by atoms with E-state index in [1.54, 1.807) is 11.0 Å². The van der Waals surface area contributed by atoms with Crippen LogP contribution in [0, 0.1) is 11.6 Å². The van der Waals surface area contributed by atoms with E-state index in [4.69, 9.17) is 0 Å². The first-order valence-electron chi connectivity index (χ1n) is 9.77. The molecule has 1 aromatic carbocycles. The van der Waals surface area contributed by atoms with Crippen molar-refractivity contribution in [2.75, 3.05) is 26.2 Å². The number of carbonyl (C=O) groups excluding carboxylic acids is 2. The van der Waals surface area contributed by atoms with Gasteiger partial charge in [0.2, 0.25) is 11.8 Å². The quantitative estimate of drug-likeness (QED) is 0.794. The van der Waals surface area contributed by atoms with Crippen molar-refractivity contribution in [3.8, 4) is 0 Å². The van der Waals surface area contributed by atoms with Crippen LogP contribution in [0.5, 0.6) is 0 Å². The van der Waals surface area contributed by atoms with Crippen molar-refractivity contribution in [3.63, 3.8) is 0 Å². The monoisotopic (exact) mass is 415 g/mol. The molecule has 1 aromatic rings. The number of carbonyl (C=O) groups is 2. The molecular weight excluding hydrogens is 388 g/mol. The van der Waals surface area contributed by atoms with Gasteiger partial charge in [-0.05, 0) is 43.5 Å². The Morgan fingerprint density at radius 1 is 1.18 bits per heavy atom. The second-order valence-corrected chi connectivity index (χ2v) is 7.43. The number of piperidine rings is 1. The van der Waals surface area contributed by atoms with Crippen LogP contribution in [0.3, 0.4) is 0 Å². The van der Waals surface area contributed by atoms with Gasteiger partial charge in [0.05, 0.1) is 6.54 Å². The van der Waals surface area contributed by atoms with Gasteiger partial charge in [0.1, 0.15) is 0 Å². The highest BCUT2D eigenvalue weighted by atomic mass is 35.5. The predicted molar refractivity (Wildman–Crippen MR) is 105 cm³/mol. The lowest BCUT2D eigenvalue weighted by Gasteiger charge is -2.34. The molecule has 0 spiro atoms. The second-order valence-electron chi connectivity index (χ2n) is 7.43. The average Bonchev–Trinajstić information content (AvgIpc) is 2.64. The molecule has 2 heterocycles. The van der Waals surface area contributed by atoms with Gasteiger partial charge in [-0.25, -0.2) is 8.78 Å². The summed E-state index contributed by atoms with van der Waals surface area (Å²) in [5, 5.41) is 6.23. The minimum absolute atomic E-state index is 0. The smallest absolute Gasteiger partial charge is 0.239 e. The summed E-state index contributed by atoms with van der Waals surface area (Å²) < 4.78 is 26.9. The van der Waals surface area contributed by atoms with Crippen molar-refractivity contribution in [1.82, 2.24) is 15.5 Å². The van der Waals surface area contributed by atoms with Crippen molar-refractivity contribution in [2.45, 2.75) is 50.5 Å². The molecule has 0 saturated carbocycles. The summed E-state index contributed by atoms with van der Waals surface area (Å²) >= 11 is 0. The summed E-state index contributed by atoms with van der Waals surface area (Å²) in [7, 11) is 0. The third kappa shape index (κ3) is 5.88. The lowest BCUT2D eigenvalue weighted by molar-refractivity contribution is -0.136. The second kappa shape index (κ2) is 10.7. The van der Waals surface area contributed by atoms with Crippen molar-refractivity contribution >= 4 is 24.2 Å². The minimum atomic E-state index is -0.873. The van der Waals surface area contributed by atoms with Gasteiger partial charge in [-0.15, -0.1) is 12.4 Å². The normalized spacial score (nSPS) is 23.4. The third-order valence-electron chi connectivity index (χ3n) is 5.46. The van der Waals surface area contributed by atoms with Crippen LogP contribution in [0.2, 0.25) is 0 Å². The van der Waals surface area contributed by atoms with E-state index in [2.05, 4.69) is 10.6 Å². The molecule has 0 radical (unpaired) electrons. The van der Waals surface area contributed by atoms with Gasteiger partial charge in [-0.3, -0.25) is 9.59 Å². The Morgan fingerprint density at radius 3 is 2.75 bits per heavy atom. The van der Waals surface area contributed by atoms with Gasteiger partial charge in [0.15, 0.2) is 11.6 Å². The molecule has 3 rings (SSSR count). The molecule has 8 heteroatoms. The lowest BCUT2D eigenvalue weighted by atomic mass is 9.86. The predicted octanol–water partition coefficient (Wildman–Crippen LogP) is 2.74. The maximum Gasteiger partial charge on any atom is 0.239 e. The number of likely N-dealkylation sites (tertiary alicyclic amines) is 1. The molecule has 28 heavy (non-hydrogen) atoms. The Morgan fingerprint density at radius 2 is 1.96 bits per heavy atom.